The van der Waals surface area contributed by atoms with Crippen molar-refractivity contribution in [2.45, 2.75) is 33.5 Å². The third-order valence-electron chi connectivity index (χ3n) is 3.22. The van der Waals surface area contributed by atoms with E-state index in [1.165, 1.54) is 0 Å². The number of imidazole rings is 1. The van der Waals surface area contributed by atoms with Crippen LogP contribution >= 0.6 is 0 Å². The largest absolute Gasteiger partial charge is 0.345 e. The molecule has 112 valence electrons. The van der Waals surface area contributed by atoms with Gasteiger partial charge in [0.15, 0.2) is 0 Å². The normalized spacial score (nSPS) is 10.9. The molecule has 1 aromatic carbocycles. The molecule has 2 rings (SSSR count). The molecule has 0 spiro atoms. The Morgan fingerprint density at radius 2 is 2.05 bits per heavy atom. The van der Waals surface area contributed by atoms with Crippen LogP contribution in [0.25, 0.3) is 0 Å². The minimum Gasteiger partial charge on any atom is -0.345 e. The fraction of sp³-hybridized carbons (Fsp3) is 0.375. The molecule has 0 saturated heterocycles. The Hall–Kier alpha value is -2.14. The highest BCUT2D eigenvalue weighted by Gasteiger charge is 2.08. The molecule has 0 aliphatic heterocycles. The molecule has 1 aromatic heterocycles. The molecule has 21 heavy (non-hydrogen) atoms. The molecule has 3 N–H and O–H groups in total. The molecule has 0 unspecified atom stereocenters. The van der Waals surface area contributed by atoms with Crippen molar-refractivity contribution in [3.8, 4) is 0 Å². The number of hydrogen-bond donors (Lipinski definition) is 2. The van der Waals surface area contributed by atoms with Gasteiger partial charge in [0.2, 0.25) is 0 Å². The van der Waals surface area contributed by atoms with Crippen molar-refractivity contribution in [1.82, 2.24) is 14.9 Å². The molecule has 5 heteroatoms. The highest BCUT2D eigenvalue weighted by Crippen LogP contribution is 2.06. The van der Waals surface area contributed by atoms with E-state index in [4.69, 9.17) is 5.73 Å². The predicted octanol–water partition coefficient (Wildman–Crippen LogP) is 1.93. The zero-order chi connectivity index (χ0) is 15.2. The fourth-order valence-electron chi connectivity index (χ4n) is 2.12. The van der Waals surface area contributed by atoms with E-state index in [9.17, 15) is 4.79 Å². The second-order valence-corrected chi connectivity index (χ2v) is 5.47. The number of carbonyl (C=O) groups is 1. The van der Waals surface area contributed by atoms with Crippen LogP contribution < -0.4 is 11.1 Å². The summed E-state index contributed by atoms with van der Waals surface area (Å²) in [6.45, 7) is 6.12. The maximum atomic E-state index is 12.1. The topological polar surface area (TPSA) is 72.9 Å². The second-order valence-electron chi connectivity index (χ2n) is 5.47. The summed E-state index contributed by atoms with van der Waals surface area (Å²) in [5.74, 6) is 1.31. The molecule has 0 radical (unpaired) electrons. The molecule has 1 heterocycles. The first-order valence-corrected chi connectivity index (χ1v) is 7.17. The maximum Gasteiger partial charge on any atom is 0.251 e. The van der Waals surface area contributed by atoms with Crippen LogP contribution in [0, 0.1) is 5.92 Å². The van der Waals surface area contributed by atoms with Crippen molar-refractivity contribution in [2.24, 2.45) is 11.7 Å². The van der Waals surface area contributed by atoms with Crippen LogP contribution in [-0.2, 0) is 19.6 Å². The minimum absolute atomic E-state index is 0.0994. The third-order valence-corrected chi connectivity index (χ3v) is 3.22. The Bertz CT molecular complexity index is 587. The van der Waals surface area contributed by atoms with Gasteiger partial charge in [-0.25, -0.2) is 4.98 Å². The van der Waals surface area contributed by atoms with Gasteiger partial charge in [0.1, 0.15) is 5.82 Å². The summed E-state index contributed by atoms with van der Waals surface area (Å²) in [6, 6.07) is 7.32. The SMILES string of the molecule is CC(C)Cn1ccnc1CNC(=O)c1ccc(CN)cc1. The summed E-state index contributed by atoms with van der Waals surface area (Å²) >= 11 is 0. The molecule has 5 nitrogen and oxygen atoms in total. The molecule has 0 aliphatic rings. The Morgan fingerprint density at radius 1 is 1.33 bits per heavy atom. The van der Waals surface area contributed by atoms with Crippen LogP contribution in [-0.4, -0.2) is 15.5 Å². The standard InChI is InChI=1S/C16H22N4O/c1-12(2)11-20-8-7-18-15(20)10-19-16(21)14-5-3-13(9-17)4-6-14/h3-8,12H,9-11,17H2,1-2H3,(H,19,21). The molecular weight excluding hydrogens is 264 g/mol. The van der Waals surface area contributed by atoms with Crippen molar-refractivity contribution < 1.29 is 4.79 Å². The molecule has 0 aliphatic carbocycles. The molecule has 0 atom stereocenters. The Labute approximate surface area is 125 Å². The monoisotopic (exact) mass is 286 g/mol. The summed E-state index contributed by atoms with van der Waals surface area (Å²) in [4.78, 5) is 16.4. The number of nitrogens with one attached hydrogen (secondary N) is 1. The van der Waals surface area contributed by atoms with E-state index in [-0.39, 0.29) is 5.91 Å². The van der Waals surface area contributed by atoms with E-state index < -0.39 is 0 Å². The van der Waals surface area contributed by atoms with Gasteiger partial charge < -0.3 is 15.6 Å². The lowest BCUT2D eigenvalue weighted by atomic mass is 10.1. The van der Waals surface area contributed by atoms with Gasteiger partial charge in [0, 0.05) is 31.0 Å². The Morgan fingerprint density at radius 3 is 2.67 bits per heavy atom. The van der Waals surface area contributed by atoms with Crippen molar-refractivity contribution in [3.05, 3.63) is 53.6 Å². The van der Waals surface area contributed by atoms with Gasteiger partial charge in [0.25, 0.3) is 5.91 Å². The van der Waals surface area contributed by atoms with Gasteiger partial charge >= 0.3 is 0 Å². The molecule has 0 bridgehead atoms. The fourth-order valence-corrected chi connectivity index (χ4v) is 2.12. The highest BCUT2D eigenvalue weighted by molar-refractivity contribution is 5.94. The minimum atomic E-state index is -0.0994. The number of aromatic nitrogens is 2. The Balaban J connectivity index is 1.96. The van der Waals surface area contributed by atoms with Crippen molar-refractivity contribution >= 4 is 5.91 Å². The van der Waals surface area contributed by atoms with Gasteiger partial charge in [0.05, 0.1) is 6.54 Å². The number of carbonyl (C=O) groups excluding carboxylic acids is 1. The van der Waals surface area contributed by atoms with Gasteiger partial charge in [-0.1, -0.05) is 26.0 Å². The van der Waals surface area contributed by atoms with Gasteiger partial charge in [-0.05, 0) is 23.6 Å². The lowest BCUT2D eigenvalue weighted by molar-refractivity contribution is 0.0949. The van der Waals surface area contributed by atoms with Crippen LogP contribution in [0.15, 0.2) is 36.7 Å². The highest BCUT2D eigenvalue weighted by atomic mass is 16.1. The quantitative estimate of drug-likeness (QED) is 0.852. The van der Waals surface area contributed by atoms with Crippen LogP contribution in [0.5, 0.6) is 0 Å². The van der Waals surface area contributed by atoms with E-state index in [0.29, 0.717) is 24.6 Å². The van der Waals surface area contributed by atoms with Gasteiger partial charge in [-0.15, -0.1) is 0 Å². The van der Waals surface area contributed by atoms with Crippen LogP contribution in [0.2, 0.25) is 0 Å². The van der Waals surface area contributed by atoms with Gasteiger partial charge in [-0.2, -0.15) is 0 Å². The molecule has 0 fully saturated rings. The third kappa shape index (κ3) is 4.16. The summed E-state index contributed by atoms with van der Waals surface area (Å²) < 4.78 is 2.07. The molecule has 1 amide bonds. The first kappa shape index (κ1) is 15.3. The summed E-state index contributed by atoms with van der Waals surface area (Å²) in [5, 5.41) is 2.90. The molecule has 0 saturated carbocycles. The van der Waals surface area contributed by atoms with Crippen molar-refractivity contribution in [2.75, 3.05) is 0 Å². The lowest BCUT2D eigenvalue weighted by Gasteiger charge is -2.11. The smallest absolute Gasteiger partial charge is 0.251 e. The lowest BCUT2D eigenvalue weighted by Crippen LogP contribution is -2.25. The summed E-state index contributed by atoms with van der Waals surface area (Å²) in [6.07, 6.45) is 3.71. The van der Waals surface area contributed by atoms with E-state index in [1.807, 2.05) is 18.3 Å². The first-order chi connectivity index (χ1) is 10.1. The predicted molar refractivity (Wildman–Crippen MR) is 82.6 cm³/mol. The number of rotatable bonds is 6. The maximum absolute atomic E-state index is 12.1. The van der Waals surface area contributed by atoms with Crippen LogP contribution in [0.1, 0.15) is 35.6 Å². The van der Waals surface area contributed by atoms with E-state index in [2.05, 4.69) is 28.7 Å². The average Bonchev–Trinajstić information content (AvgIpc) is 2.91. The van der Waals surface area contributed by atoms with Crippen molar-refractivity contribution in [1.29, 1.82) is 0 Å². The number of nitrogens with two attached hydrogens (primary N) is 1. The number of nitrogens with zero attached hydrogens (tertiary/aromatic N) is 2. The van der Waals surface area contributed by atoms with E-state index in [1.54, 1.807) is 18.3 Å². The number of hydrogen-bond acceptors (Lipinski definition) is 3. The molecule has 2 aromatic rings. The van der Waals surface area contributed by atoms with Crippen LogP contribution in [0.4, 0.5) is 0 Å². The Kier molecular flexibility index (Phi) is 5.11. The average molecular weight is 286 g/mol. The zero-order valence-corrected chi connectivity index (χ0v) is 12.5. The summed E-state index contributed by atoms with van der Waals surface area (Å²) in [7, 11) is 0. The number of benzene rings is 1. The zero-order valence-electron chi connectivity index (χ0n) is 12.5. The van der Waals surface area contributed by atoms with Crippen molar-refractivity contribution in [3.63, 3.8) is 0 Å². The van der Waals surface area contributed by atoms with Gasteiger partial charge in [-0.3, -0.25) is 4.79 Å². The van der Waals surface area contributed by atoms with Crippen LogP contribution in [0.3, 0.4) is 0 Å². The first-order valence-electron chi connectivity index (χ1n) is 7.17. The number of amides is 1. The molecular formula is C16H22N4O. The van der Waals surface area contributed by atoms with E-state index >= 15 is 0 Å². The second kappa shape index (κ2) is 7.04. The van der Waals surface area contributed by atoms with E-state index in [0.717, 1.165) is 17.9 Å². The summed E-state index contributed by atoms with van der Waals surface area (Å²) in [5.41, 5.74) is 7.19.